The van der Waals surface area contributed by atoms with Crippen molar-refractivity contribution in [3.8, 4) is 10.4 Å². The Bertz CT molecular complexity index is 1210. The molecular weight excluding hydrogens is 515 g/mol. The predicted molar refractivity (Wildman–Crippen MR) is 143 cm³/mol. The SMILES string of the molecule is Cc1cc(-c2scnc2C)ccc1CNC(=O)C1C[C@@H](O)CN1C(=O)[C@@H](NC(=O)C1(F)CC1)C(C)(C)S. The number of alkyl halides is 1. The number of rotatable bonds is 8. The molecule has 1 aromatic carbocycles. The van der Waals surface area contributed by atoms with Crippen LogP contribution in [0.2, 0.25) is 0 Å². The molecule has 1 aliphatic carbocycles. The second kappa shape index (κ2) is 10.3. The largest absolute Gasteiger partial charge is 0.391 e. The van der Waals surface area contributed by atoms with Crippen LogP contribution in [0, 0.1) is 13.8 Å². The van der Waals surface area contributed by atoms with Crippen LogP contribution in [0.4, 0.5) is 4.39 Å². The summed E-state index contributed by atoms with van der Waals surface area (Å²) < 4.78 is 13.3. The van der Waals surface area contributed by atoms with Gasteiger partial charge in [0, 0.05) is 24.3 Å². The summed E-state index contributed by atoms with van der Waals surface area (Å²) in [6.45, 7) is 7.40. The molecule has 3 amide bonds. The lowest BCUT2D eigenvalue weighted by Gasteiger charge is -2.35. The monoisotopic (exact) mass is 548 g/mol. The maximum Gasteiger partial charge on any atom is 0.258 e. The highest BCUT2D eigenvalue weighted by atomic mass is 32.1. The van der Waals surface area contributed by atoms with E-state index in [0.29, 0.717) is 0 Å². The topological polar surface area (TPSA) is 112 Å². The summed E-state index contributed by atoms with van der Waals surface area (Å²) in [5.74, 6) is -1.83. The number of thiol groups is 1. The molecule has 1 aliphatic heterocycles. The van der Waals surface area contributed by atoms with Crippen LogP contribution in [0.5, 0.6) is 0 Å². The number of halogens is 1. The average molecular weight is 549 g/mol. The molecule has 3 atom stereocenters. The zero-order chi connectivity index (χ0) is 27.1. The number of carbonyl (C=O) groups is 3. The zero-order valence-electron chi connectivity index (χ0n) is 21.4. The van der Waals surface area contributed by atoms with E-state index in [4.69, 9.17) is 0 Å². The van der Waals surface area contributed by atoms with Crippen molar-refractivity contribution in [1.29, 1.82) is 0 Å². The number of aromatic nitrogens is 1. The lowest BCUT2D eigenvalue weighted by Crippen LogP contribution is -2.60. The fourth-order valence-corrected chi connectivity index (χ4v) is 5.50. The van der Waals surface area contributed by atoms with E-state index < -0.39 is 46.3 Å². The van der Waals surface area contributed by atoms with Gasteiger partial charge in [0.2, 0.25) is 11.8 Å². The Morgan fingerprint density at radius 1 is 1.32 bits per heavy atom. The second-order valence-corrected chi connectivity index (χ2v) is 12.6. The van der Waals surface area contributed by atoms with Gasteiger partial charge in [0.05, 0.1) is 22.2 Å². The summed E-state index contributed by atoms with van der Waals surface area (Å²) in [6, 6.07) is 3.91. The Hall–Kier alpha value is -2.50. The number of nitrogens with zero attached hydrogens (tertiary/aromatic N) is 2. The zero-order valence-corrected chi connectivity index (χ0v) is 23.1. The minimum absolute atomic E-state index is 0.0597. The van der Waals surface area contributed by atoms with E-state index in [-0.39, 0.29) is 32.4 Å². The molecule has 1 aromatic heterocycles. The molecule has 11 heteroatoms. The van der Waals surface area contributed by atoms with Crippen LogP contribution in [0.15, 0.2) is 23.7 Å². The number of β-amino-alcohol motifs (C(OH)–C–C–N with tert-alkyl or cyclic N) is 1. The maximum absolute atomic E-state index is 14.3. The molecule has 1 saturated carbocycles. The van der Waals surface area contributed by atoms with E-state index in [1.54, 1.807) is 25.2 Å². The molecule has 37 heavy (non-hydrogen) atoms. The molecule has 2 heterocycles. The van der Waals surface area contributed by atoms with Gasteiger partial charge in [0.1, 0.15) is 12.1 Å². The van der Waals surface area contributed by atoms with Gasteiger partial charge in [-0.1, -0.05) is 18.2 Å². The number of likely N-dealkylation sites (tertiary alicyclic amines) is 1. The number of benzene rings is 1. The van der Waals surface area contributed by atoms with Crippen molar-refractivity contribution < 1.29 is 23.9 Å². The summed E-state index contributed by atoms with van der Waals surface area (Å²) in [5, 5.41) is 15.7. The smallest absolute Gasteiger partial charge is 0.258 e. The molecule has 3 N–H and O–H groups in total. The Balaban J connectivity index is 1.45. The van der Waals surface area contributed by atoms with E-state index in [2.05, 4.69) is 34.3 Å². The van der Waals surface area contributed by atoms with E-state index >= 15 is 0 Å². The molecule has 8 nitrogen and oxygen atoms in total. The van der Waals surface area contributed by atoms with Gasteiger partial charge < -0.3 is 20.6 Å². The Kier molecular flexibility index (Phi) is 7.69. The Morgan fingerprint density at radius 3 is 2.59 bits per heavy atom. The van der Waals surface area contributed by atoms with Gasteiger partial charge >= 0.3 is 0 Å². The summed E-state index contributed by atoms with van der Waals surface area (Å²) >= 11 is 6.04. The van der Waals surface area contributed by atoms with Crippen molar-refractivity contribution in [2.45, 2.75) is 82.1 Å². The van der Waals surface area contributed by atoms with Crippen LogP contribution < -0.4 is 10.6 Å². The molecule has 1 unspecified atom stereocenters. The average Bonchev–Trinajstić information content (AvgIpc) is 3.23. The van der Waals surface area contributed by atoms with E-state index in [0.717, 1.165) is 27.3 Å². The van der Waals surface area contributed by atoms with Gasteiger partial charge in [-0.05, 0) is 57.2 Å². The van der Waals surface area contributed by atoms with Gasteiger partial charge in [0.15, 0.2) is 5.67 Å². The number of aryl methyl sites for hydroxylation is 2. The first kappa shape index (κ1) is 27.5. The van der Waals surface area contributed by atoms with Gasteiger partial charge in [-0.2, -0.15) is 12.6 Å². The fourth-order valence-electron chi connectivity index (χ4n) is 4.52. The van der Waals surface area contributed by atoms with Crippen molar-refractivity contribution in [2.24, 2.45) is 0 Å². The van der Waals surface area contributed by atoms with Crippen LogP contribution in [0.25, 0.3) is 10.4 Å². The minimum atomic E-state index is -1.95. The molecule has 0 radical (unpaired) electrons. The quantitative estimate of drug-likeness (QED) is 0.379. The molecule has 2 fully saturated rings. The van der Waals surface area contributed by atoms with E-state index in [1.807, 2.05) is 31.5 Å². The van der Waals surface area contributed by atoms with Gasteiger partial charge in [-0.15, -0.1) is 11.3 Å². The summed E-state index contributed by atoms with van der Waals surface area (Å²) in [4.78, 5) is 45.7. The normalized spacial score (nSPS) is 21.4. The molecule has 4 rings (SSSR count). The molecule has 0 bridgehead atoms. The number of aliphatic hydroxyl groups is 1. The molecule has 1 saturated heterocycles. The van der Waals surface area contributed by atoms with Crippen molar-refractivity contribution in [2.75, 3.05) is 6.54 Å². The highest BCUT2D eigenvalue weighted by Crippen LogP contribution is 2.40. The Labute approximate surface area is 225 Å². The molecule has 2 aromatic rings. The van der Waals surface area contributed by atoms with Crippen LogP contribution in [0.3, 0.4) is 0 Å². The third-order valence-electron chi connectivity index (χ3n) is 6.99. The standard InChI is InChI=1S/C26H33FN4O4S2/c1-14-9-16(20-15(2)29-13-37-20)5-6-17(14)11-28-22(33)19-10-18(32)12-31(19)23(34)21(25(3,4)36)30-24(35)26(27)7-8-26/h5-6,9,13,18-19,21,32,36H,7-8,10-12H2,1-4H3,(H,28,33)(H,30,35)/t18-,19?,21-/m1/s1. The first-order valence-corrected chi connectivity index (χ1v) is 13.6. The fraction of sp³-hybridized carbons (Fsp3) is 0.538. The second-order valence-electron chi connectivity index (χ2n) is 10.5. The number of amides is 3. The maximum atomic E-state index is 14.3. The van der Waals surface area contributed by atoms with Gasteiger partial charge in [-0.25, -0.2) is 9.37 Å². The highest BCUT2D eigenvalue weighted by molar-refractivity contribution is 7.81. The van der Waals surface area contributed by atoms with Gasteiger partial charge in [-0.3, -0.25) is 14.4 Å². The number of carbonyl (C=O) groups excluding carboxylic acids is 3. The van der Waals surface area contributed by atoms with E-state index in [9.17, 15) is 23.9 Å². The van der Waals surface area contributed by atoms with Crippen LogP contribution in [-0.4, -0.2) is 67.9 Å². The van der Waals surface area contributed by atoms with Crippen LogP contribution in [-0.2, 0) is 20.9 Å². The number of hydrogen-bond acceptors (Lipinski definition) is 7. The number of aliphatic hydroxyl groups excluding tert-OH is 1. The predicted octanol–water partition coefficient (Wildman–Crippen LogP) is 2.70. The van der Waals surface area contributed by atoms with E-state index in [1.165, 1.54) is 4.90 Å². The third-order valence-corrected chi connectivity index (χ3v) is 8.23. The minimum Gasteiger partial charge on any atom is -0.391 e. The molecule has 2 aliphatic rings. The number of nitrogens with one attached hydrogen (secondary N) is 2. The first-order valence-electron chi connectivity index (χ1n) is 12.3. The van der Waals surface area contributed by atoms with Crippen LogP contribution in [0.1, 0.15) is 49.9 Å². The molecular formula is C26H33FN4O4S2. The van der Waals surface area contributed by atoms with Crippen LogP contribution >= 0.6 is 24.0 Å². The lowest BCUT2D eigenvalue weighted by molar-refractivity contribution is -0.143. The van der Waals surface area contributed by atoms with Crippen molar-refractivity contribution in [3.05, 3.63) is 40.5 Å². The van der Waals surface area contributed by atoms with Crippen molar-refractivity contribution in [1.82, 2.24) is 20.5 Å². The summed E-state index contributed by atoms with van der Waals surface area (Å²) in [6.07, 6.45) is -0.589. The number of hydrogen-bond donors (Lipinski definition) is 4. The molecule has 200 valence electrons. The summed E-state index contributed by atoms with van der Waals surface area (Å²) in [7, 11) is 0. The highest BCUT2D eigenvalue weighted by Gasteiger charge is 2.53. The first-order chi connectivity index (χ1) is 17.3. The van der Waals surface area contributed by atoms with Gasteiger partial charge in [0.25, 0.3) is 5.91 Å². The number of thiazole rings is 1. The van der Waals surface area contributed by atoms with Crippen molar-refractivity contribution >= 4 is 41.7 Å². The third kappa shape index (κ3) is 5.99. The molecule has 0 spiro atoms. The Morgan fingerprint density at radius 2 is 2.03 bits per heavy atom. The lowest BCUT2D eigenvalue weighted by atomic mass is 10.00. The summed E-state index contributed by atoms with van der Waals surface area (Å²) in [5.41, 5.74) is 3.81. The van der Waals surface area contributed by atoms with Crippen molar-refractivity contribution in [3.63, 3.8) is 0 Å².